The summed E-state index contributed by atoms with van der Waals surface area (Å²) in [6, 6.07) is 1.75. The van der Waals surface area contributed by atoms with E-state index in [4.69, 9.17) is 4.74 Å². The molecule has 2 fully saturated rings. The largest absolute Gasteiger partial charge is 0.462 e. The van der Waals surface area contributed by atoms with Gasteiger partial charge in [-0.25, -0.2) is 4.79 Å². The molecule has 2 atom stereocenters. The van der Waals surface area contributed by atoms with Gasteiger partial charge in [-0.05, 0) is 44.1 Å². The van der Waals surface area contributed by atoms with E-state index >= 15 is 0 Å². The van der Waals surface area contributed by atoms with Crippen LogP contribution in [0.25, 0.3) is 0 Å². The maximum atomic E-state index is 13.1. The molecule has 0 spiro atoms. The number of carbonyl (C=O) groups is 4. The number of ether oxygens (including phenoxy) is 1. The Labute approximate surface area is 187 Å². The lowest BCUT2D eigenvalue weighted by atomic mass is 9.62. The molecule has 2 unspecified atom stereocenters. The second-order valence-corrected chi connectivity index (χ2v) is 10.3. The molecular weight excluding hydrogens is 416 g/mol. The molecule has 2 aliphatic rings. The minimum atomic E-state index is -0.532. The van der Waals surface area contributed by atoms with Crippen LogP contribution < -0.4 is 5.32 Å². The van der Waals surface area contributed by atoms with Gasteiger partial charge in [0.1, 0.15) is 5.00 Å². The Balaban J connectivity index is 1.60. The van der Waals surface area contributed by atoms with Gasteiger partial charge in [0.2, 0.25) is 17.7 Å². The van der Waals surface area contributed by atoms with Crippen molar-refractivity contribution >= 4 is 40.0 Å². The van der Waals surface area contributed by atoms with E-state index in [1.807, 2.05) is 27.7 Å². The Hall–Kier alpha value is -2.22. The fraction of sp³-hybridized carbons (Fsp3) is 0.652. The highest BCUT2D eigenvalue weighted by Crippen LogP contribution is 2.60. The molecule has 1 saturated carbocycles. The van der Waals surface area contributed by atoms with E-state index in [0.717, 1.165) is 24.1 Å². The van der Waals surface area contributed by atoms with Crippen molar-refractivity contribution in [1.29, 1.82) is 0 Å². The van der Waals surface area contributed by atoms with E-state index in [1.54, 1.807) is 13.0 Å². The summed E-state index contributed by atoms with van der Waals surface area (Å²) in [6.07, 6.45) is 2.75. The minimum absolute atomic E-state index is 0.110. The molecule has 2 heterocycles. The highest BCUT2D eigenvalue weighted by Gasteiger charge is 2.64. The van der Waals surface area contributed by atoms with Crippen LogP contribution in [0.15, 0.2) is 6.07 Å². The Kier molecular flexibility index (Phi) is 6.60. The molecular formula is C23H32N2O5S. The molecule has 1 aromatic rings. The third-order valence-corrected chi connectivity index (χ3v) is 8.37. The van der Waals surface area contributed by atoms with Gasteiger partial charge < -0.3 is 10.1 Å². The molecule has 0 radical (unpaired) electrons. The highest BCUT2D eigenvalue weighted by atomic mass is 32.1. The van der Waals surface area contributed by atoms with Crippen molar-refractivity contribution in [2.45, 2.75) is 66.7 Å². The predicted octanol–water partition coefficient (Wildman–Crippen LogP) is 4.02. The zero-order chi connectivity index (χ0) is 23.0. The van der Waals surface area contributed by atoms with Crippen LogP contribution in [0.1, 0.15) is 75.5 Å². The summed E-state index contributed by atoms with van der Waals surface area (Å²) in [7, 11) is 0. The lowest BCUT2D eigenvalue weighted by Gasteiger charge is -2.47. The quantitative estimate of drug-likeness (QED) is 0.479. The third-order valence-electron chi connectivity index (χ3n) is 7.17. The Morgan fingerprint density at radius 2 is 1.97 bits per heavy atom. The third kappa shape index (κ3) is 4.02. The number of anilines is 1. The van der Waals surface area contributed by atoms with E-state index < -0.39 is 11.4 Å². The Morgan fingerprint density at radius 3 is 2.61 bits per heavy atom. The lowest BCUT2D eigenvalue weighted by molar-refractivity contribution is -0.168. The number of imide groups is 1. The first kappa shape index (κ1) is 23.4. The molecule has 2 bridgehead atoms. The van der Waals surface area contributed by atoms with Crippen LogP contribution >= 0.6 is 11.3 Å². The van der Waals surface area contributed by atoms with Crippen LogP contribution in [0.4, 0.5) is 5.00 Å². The van der Waals surface area contributed by atoms with Crippen molar-refractivity contribution in [1.82, 2.24) is 4.90 Å². The van der Waals surface area contributed by atoms with Crippen LogP contribution in [0, 0.1) is 16.7 Å². The van der Waals surface area contributed by atoms with Gasteiger partial charge in [0.15, 0.2) is 0 Å². The van der Waals surface area contributed by atoms with Crippen LogP contribution in [0.3, 0.4) is 0 Å². The predicted molar refractivity (Wildman–Crippen MR) is 119 cm³/mol. The first-order valence-corrected chi connectivity index (χ1v) is 11.8. The molecule has 8 heteroatoms. The Bertz CT molecular complexity index is 906. The van der Waals surface area contributed by atoms with E-state index in [1.165, 1.54) is 16.2 Å². The van der Waals surface area contributed by atoms with E-state index in [2.05, 4.69) is 5.32 Å². The highest BCUT2D eigenvalue weighted by molar-refractivity contribution is 7.16. The minimum Gasteiger partial charge on any atom is -0.462 e. The van der Waals surface area contributed by atoms with Gasteiger partial charge in [-0.2, -0.15) is 0 Å². The lowest BCUT2D eigenvalue weighted by Crippen LogP contribution is -2.59. The van der Waals surface area contributed by atoms with Crippen molar-refractivity contribution < 1.29 is 23.9 Å². The van der Waals surface area contributed by atoms with Gasteiger partial charge in [0.25, 0.3) is 0 Å². The first-order chi connectivity index (χ1) is 14.6. The fourth-order valence-electron chi connectivity index (χ4n) is 4.77. The number of rotatable bonds is 8. The van der Waals surface area contributed by atoms with E-state index in [9.17, 15) is 19.2 Å². The second kappa shape index (κ2) is 8.73. The molecule has 7 nitrogen and oxygen atoms in total. The molecule has 3 amide bonds. The summed E-state index contributed by atoms with van der Waals surface area (Å²) < 4.78 is 5.08. The molecule has 170 valence electrons. The maximum Gasteiger partial charge on any atom is 0.341 e. The van der Waals surface area contributed by atoms with Crippen molar-refractivity contribution in [2.75, 3.05) is 18.5 Å². The van der Waals surface area contributed by atoms with Gasteiger partial charge in [0.05, 0.1) is 17.6 Å². The summed E-state index contributed by atoms with van der Waals surface area (Å²) >= 11 is 1.36. The molecule has 31 heavy (non-hydrogen) atoms. The van der Waals surface area contributed by atoms with Crippen LogP contribution in [0.5, 0.6) is 0 Å². The number of carbonyl (C=O) groups excluding carboxylic acids is 4. The average molecular weight is 449 g/mol. The number of thiophene rings is 1. The van der Waals surface area contributed by atoms with Gasteiger partial charge >= 0.3 is 5.97 Å². The van der Waals surface area contributed by atoms with Crippen molar-refractivity contribution in [3.05, 3.63) is 16.5 Å². The number of esters is 1. The summed E-state index contributed by atoms with van der Waals surface area (Å²) in [5.74, 6) is -1.08. The van der Waals surface area contributed by atoms with Crippen molar-refractivity contribution in [3.8, 4) is 0 Å². The molecule has 1 aromatic heterocycles. The van der Waals surface area contributed by atoms with Crippen LogP contribution in [0.2, 0.25) is 0 Å². The molecule has 1 saturated heterocycles. The molecule has 1 N–H and O–H groups in total. The summed E-state index contributed by atoms with van der Waals surface area (Å²) in [5.41, 5.74) is -0.505. The first-order valence-electron chi connectivity index (χ1n) is 11.0. The Morgan fingerprint density at radius 1 is 1.26 bits per heavy atom. The maximum absolute atomic E-state index is 13.1. The molecule has 1 aliphatic carbocycles. The SMILES string of the molecule is CCOC(=O)c1cc(CC)sc1NC(=O)CCCN1C(=O)C2CCC(C)(C1=O)C2(C)C. The number of likely N-dealkylation sites (tertiary alicyclic amines) is 1. The monoisotopic (exact) mass is 448 g/mol. The van der Waals surface area contributed by atoms with Crippen LogP contribution in [-0.4, -0.2) is 41.7 Å². The topological polar surface area (TPSA) is 92.8 Å². The fourth-order valence-corrected chi connectivity index (χ4v) is 5.77. The standard InChI is InChI=1S/C23H32N2O5S/c1-6-14-13-15(20(28)30-7-2)18(31-14)24-17(26)9-8-12-25-19(27)16-10-11-23(5,21(25)29)22(16,3)4/h13,16H,6-12H2,1-5H3,(H,24,26). The van der Waals surface area contributed by atoms with Crippen molar-refractivity contribution in [3.63, 3.8) is 0 Å². The summed E-state index contributed by atoms with van der Waals surface area (Å²) in [5, 5.41) is 3.29. The number of nitrogens with one attached hydrogen (secondary N) is 1. The van der Waals surface area contributed by atoms with Gasteiger partial charge in [-0.1, -0.05) is 27.7 Å². The normalized spacial score (nSPS) is 24.4. The van der Waals surface area contributed by atoms with Gasteiger partial charge in [-0.15, -0.1) is 11.3 Å². The van der Waals surface area contributed by atoms with Gasteiger partial charge in [0, 0.05) is 23.8 Å². The number of fused-ring (bicyclic) bond motifs is 2. The van der Waals surface area contributed by atoms with E-state index in [-0.39, 0.29) is 48.6 Å². The molecule has 1 aliphatic heterocycles. The van der Waals surface area contributed by atoms with Crippen molar-refractivity contribution in [2.24, 2.45) is 16.7 Å². The smallest absolute Gasteiger partial charge is 0.341 e. The number of amides is 3. The van der Waals surface area contributed by atoms with Gasteiger partial charge in [-0.3, -0.25) is 19.3 Å². The second-order valence-electron chi connectivity index (χ2n) is 9.12. The molecule has 0 aromatic carbocycles. The number of aryl methyl sites for hydroxylation is 1. The van der Waals surface area contributed by atoms with Crippen LogP contribution in [-0.2, 0) is 25.5 Å². The number of hydrogen-bond acceptors (Lipinski definition) is 6. The summed E-state index contributed by atoms with van der Waals surface area (Å²) in [6.45, 7) is 10.2. The zero-order valence-corrected chi connectivity index (χ0v) is 19.8. The molecule has 3 rings (SSSR count). The number of hydrogen-bond donors (Lipinski definition) is 1. The average Bonchev–Trinajstić information content (AvgIpc) is 3.20. The number of nitrogens with zero attached hydrogens (tertiary/aromatic N) is 1. The zero-order valence-electron chi connectivity index (χ0n) is 19.0. The summed E-state index contributed by atoms with van der Waals surface area (Å²) in [4.78, 5) is 53.0. The van der Waals surface area contributed by atoms with E-state index in [0.29, 0.717) is 17.0 Å². The number of piperidine rings is 1.